The largest absolute Gasteiger partial charge is 0.481 e. The molecule has 3 nitrogen and oxygen atoms in total. The minimum absolute atomic E-state index is 0.244. The molecule has 59 valence electrons. The van der Waals surface area contributed by atoms with Crippen molar-refractivity contribution in [1.29, 1.82) is 0 Å². The molecule has 0 aliphatic heterocycles. The van der Waals surface area contributed by atoms with Gasteiger partial charge in [0, 0.05) is 13.0 Å². The van der Waals surface area contributed by atoms with E-state index in [1.54, 1.807) is 0 Å². The van der Waals surface area contributed by atoms with Gasteiger partial charge in [-0.1, -0.05) is 0 Å². The summed E-state index contributed by atoms with van der Waals surface area (Å²) in [5.74, 6) is -0.727. The number of hydrogen-bond acceptors (Lipinski definition) is 2. The van der Waals surface area contributed by atoms with Crippen LogP contribution in [-0.2, 0) is 4.79 Å². The van der Waals surface area contributed by atoms with Crippen LogP contribution in [0.25, 0.3) is 0 Å². The number of carboxylic acids is 1. The molecule has 0 rings (SSSR count). The van der Waals surface area contributed by atoms with E-state index in [9.17, 15) is 4.79 Å². The van der Waals surface area contributed by atoms with E-state index in [2.05, 4.69) is 0 Å². The van der Waals surface area contributed by atoms with Gasteiger partial charge in [-0.05, 0) is 26.9 Å². The van der Waals surface area contributed by atoms with Crippen molar-refractivity contribution in [3.8, 4) is 0 Å². The van der Waals surface area contributed by atoms with Gasteiger partial charge in [0.05, 0.1) is 0 Å². The Balaban J connectivity index is 2.98. The Labute approximate surface area is 61.6 Å². The number of unbranched alkanes of at least 4 members (excludes halogenated alkanes) is 1. The maximum absolute atomic E-state index is 10.0. The molecule has 0 amide bonds. The average molecular weight is 144 g/mol. The summed E-state index contributed by atoms with van der Waals surface area (Å²) in [6.45, 7) is 0.854. The van der Waals surface area contributed by atoms with Gasteiger partial charge in [0.1, 0.15) is 0 Å². The van der Waals surface area contributed by atoms with Crippen LogP contribution in [0, 0.1) is 6.42 Å². The Morgan fingerprint density at radius 2 is 2.20 bits per heavy atom. The predicted octanol–water partition coefficient (Wildman–Crippen LogP) is 0.617. The van der Waals surface area contributed by atoms with Crippen molar-refractivity contribution in [2.75, 3.05) is 20.6 Å². The average Bonchev–Trinajstić information content (AvgIpc) is 1.79. The molecule has 0 spiro atoms. The van der Waals surface area contributed by atoms with Crippen LogP contribution in [-0.4, -0.2) is 36.6 Å². The highest BCUT2D eigenvalue weighted by molar-refractivity contribution is 5.66. The molecule has 0 saturated carbocycles. The smallest absolute Gasteiger partial charge is 0.303 e. The lowest BCUT2D eigenvalue weighted by Crippen LogP contribution is -2.13. The van der Waals surface area contributed by atoms with Crippen LogP contribution in [0.5, 0.6) is 0 Å². The Morgan fingerprint density at radius 3 is 2.60 bits per heavy atom. The lowest BCUT2D eigenvalue weighted by Gasteiger charge is -2.06. The summed E-state index contributed by atoms with van der Waals surface area (Å²) >= 11 is 0. The second-order valence-electron chi connectivity index (χ2n) is 2.48. The van der Waals surface area contributed by atoms with E-state index in [0.29, 0.717) is 6.42 Å². The SMILES string of the molecule is CN(C)C[CH]CCC(=O)O. The maximum atomic E-state index is 10.0. The van der Waals surface area contributed by atoms with Gasteiger partial charge < -0.3 is 10.0 Å². The fourth-order valence-electron chi connectivity index (χ4n) is 0.575. The highest BCUT2D eigenvalue weighted by atomic mass is 16.4. The molecule has 0 fully saturated rings. The molecule has 10 heavy (non-hydrogen) atoms. The minimum Gasteiger partial charge on any atom is -0.481 e. The first-order chi connectivity index (χ1) is 4.63. The normalized spacial score (nSPS) is 10.3. The van der Waals surface area contributed by atoms with Crippen molar-refractivity contribution in [3.05, 3.63) is 6.42 Å². The minimum atomic E-state index is -0.727. The Kier molecular flexibility index (Phi) is 4.94. The van der Waals surface area contributed by atoms with E-state index < -0.39 is 5.97 Å². The van der Waals surface area contributed by atoms with E-state index >= 15 is 0 Å². The third kappa shape index (κ3) is 7.43. The van der Waals surface area contributed by atoms with Crippen LogP contribution in [0.4, 0.5) is 0 Å². The highest BCUT2D eigenvalue weighted by Crippen LogP contribution is 1.93. The van der Waals surface area contributed by atoms with Gasteiger partial charge in [-0.3, -0.25) is 4.79 Å². The summed E-state index contributed by atoms with van der Waals surface area (Å²) in [5.41, 5.74) is 0. The number of aliphatic carboxylic acids is 1. The van der Waals surface area contributed by atoms with Gasteiger partial charge in [-0.15, -0.1) is 0 Å². The van der Waals surface area contributed by atoms with Gasteiger partial charge in [0.2, 0.25) is 0 Å². The molecule has 1 radical (unpaired) electrons. The summed E-state index contributed by atoms with van der Waals surface area (Å²) in [7, 11) is 3.91. The Morgan fingerprint density at radius 1 is 1.60 bits per heavy atom. The predicted molar refractivity (Wildman–Crippen MR) is 39.7 cm³/mol. The molecule has 0 bridgehead atoms. The molecule has 1 N–H and O–H groups in total. The summed E-state index contributed by atoms with van der Waals surface area (Å²) in [4.78, 5) is 12.0. The molecule has 0 aromatic carbocycles. The second kappa shape index (κ2) is 5.23. The van der Waals surface area contributed by atoms with E-state index in [1.165, 1.54) is 0 Å². The van der Waals surface area contributed by atoms with Crippen molar-refractivity contribution in [3.63, 3.8) is 0 Å². The molecule has 0 aromatic rings. The molecule has 0 saturated heterocycles. The monoisotopic (exact) mass is 144 g/mol. The standard InChI is InChI=1S/C7H14NO2/c1-8(2)6-4-3-5-7(9)10/h4H,3,5-6H2,1-2H3,(H,9,10). The topological polar surface area (TPSA) is 40.5 Å². The van der Waals surface area contributed by atoms with Crippen molar-refractivity contribution in [2.24, 2.45) is 0 Å². The van der Waals surface area contributed by atoms with Gasteiger partial charge in [-0.25, -0.2) is 0 Å². The van der Waals surface area contributed by atoms with Crippen LogP contribution >= 0.6 is 0 Å². The van der Waals surface area contributed by atoms with Crippen LogP contribution in [0.3, 0.4) is 0 Å². The van der Waals surface area contributed by atoms with Gasteiger partial charge in [0.15, 0.2) is 0 Å². The molecule has 0 aromatic heterocycles. The molecular formula is C7H14NO2. The lowest BCUT2D eigenvalue weighted by molar-refractivity contribution is -0.136. The fourth-order valence-corrected chi connectivity index (χ4v) is 0.575. The summed E-state index contributed by atoms with van der Waals surface area (Å²) in [6, 6.07) is 0. The molecule has 0 unspecified atom stereocenters. The van der Waals surface area contributed by atoms with E-state index in [4.69, 9.17) is 5.11 Å². The van der Waals surface area contributed by atoms with E-state index in [0.717, 1.165) is 6.54 Å². The fraction of sp³-hybridized carbons (Fsp3) is 0.714. The summed E-state index contributed by atoms with van der Waals surface area (Å²) in [5, 5.41) is 8.25. The van der Waals surface area contributed by atoms with E-state index in [-0.39, 0.29) is 6.42 Å². The summed E-state index contributed by atoms with van der Waals surface area (Å²) < 4.78 is 0. The number of carboxylic acid groups (broad SMARTS) is 1. The number of nitrogens with zero attached hydrogens (tertiary/aromatic N) is 1. The van der Waals surface area contributed by atoms with Gasteiger partial charge in [0.25, 0.3) is 0 Å². The Hall–Kier alpha value is -0.570. The number of carbonyl (C=O) groups is 1. The van der Waals surface area contributed by atoms with Crippen molar-refractivity contribution >= 4 is 5.97 Å². The van der Waals surface area contributed by atoms with Gasteiger partial charge >= 0.3 is 5.97 Å². The first-order valence-electron chi connectivity index (χ1n) is 3.31. The number of hydrogen-bond donors (Lipinski definition) is 1. The van der Waals surface area contributed by atoms with Crippen molar-refractivity contribution < 1.29 is 9.90 Å². The van der Waals surface area contributed by atoms with Crippen LogP contribution in [0.1, 0.15) is 12.8 Å². The molecule has 3 heteroatoms. The lowest BCUT2D eigenvalue weighted by atomic mass is 10.2. The first kappa shape index (κ1) is 9.43. The molecule has 0 atom stereocenters. The molecule has 0 heterocycles. The van der Waals surface area contributed by atoms with Gasteiger partial charge in [-0.2, -0.15) is 0 Å². The highest BCUT2D eigenvalue weighted by Gasteiger charge is 1.96. The van der Waals surface area contributed by atoms with Crippen molar-refractivity contribution in [2.45, 2.75) is 12.8 Å². The third-order valence-electron chi connectivity index (χ3n) is 1.06. The van der Waals surface area contributed by atoms with E-state index in [1.807, 2.05) is 25.4 Å². The number of rotatable bonds is 5. The maximum Gasteiger partial charge on any atom is 0.303 e. The summed E-state index contributed by atoms with van der Waals surface area (Å²) in [6.07, 6.45) is 2.87. The van der Waals surface area contributed by atoms with Crippen LogP contribution < -0.4 is 0 Å². The second-order valence-corrected chi connectivity index (χ2v) is 2.48. The zero-order valence-electron chi connectivity index (χ0n) is 6.50. The first-order valence-corrected chi connectivity index (χ1v) is 3.31. The quantitative estimate of drug-likeness (QED) is 0.575. The third-order valence-corrected chi connectivity index (χ3v) is 1.06. The van der Waals surface area contributed by atoms with Crippen LogP contribution in [0.15, 0.2) is 0 Å². The Bertz CT molecular complexity index is 102. The molecule has 0 aliphatic carbocycles. The van der Waals surface area contributed by atoms with Crippen LogP contribution in [0.2, 0.25) is 0 Å². The zero-order valence-corrected chi connectivity index (χ0v) is 6.50. The van der Waals surface area contributed by atoms with Crippen molar-refractivity contribution in [1.82, 2.24) is 4.90 Å². The molecule has 0 aliphatic rings. The zero-order chi connectivity index (χ0) is 7.98. The molecular weight excluding hydrogens is 130 g/mol.